The third-order valence-corrected chi connectivity index (χ3v) is 4.22. The number of hydrogen-bond acceptors (Lipinski definition) is 5. The predicted molar refractivity (Wildman–Crippen MR) is 90.5 cm³/mol. The number of nitrogens with zero attached hydrogens (tertiary/aromatic N) is 3. The number of aromatic amines is 2. The molecule has 1 fully saturated rings. The van der Waals surface area contributed by atoms with Gasteiger partial charge in [0.2, 0.25) is 0 Å². The number of aryl methyl sites for hydroxylation is 1. The third kappa shape index (κ3) is 2.90. The van der Waals surface area contributed by atoms with Crippen LogP contribution in [-0.2, 0) is 11.2 Å². The molecule has 0 aromatic carbocycles. The molecular weight excluding hydrogens is 306 g/mol. The minimum absolute atomic E-state index is 0.00978. The molecule has 0 atom stereocenters. The zero-order valence-electron chi connectivity index (χ0n) is 13.5. The van der Waals surface area contributed by atoms with E-state index in [0.29, 0.717) is 12.1 Å². The number of H-pyrrole nitrogens is 2. The molecule has 1 aliphatic rings. The highest BCUT2D eigenvalue weighted by Gasteiger charge is 2.15. The van der Waals surface area contributed by atoms with Crippen molar-refractivity contribution in [1.29, 1.82) is 0 Å². The average molecular weight is 325 g/mol. The van der Waals surface area contributed by atoms with E-state index in [9.17, 15) is 4.79 Å². The van der Waals surface area contributed by atoms with Crippen LogP contribution in [0.3, 0.4) is 0 Å². The molecule has 7 nitrogen and oxygen atoms in total. The molecule has 4 heterocycles. The van der Waals surface area contributed by atoms with Crippen LogP contribution in [0.1, 0.15) is 21.7 Å². The van der Waals surface area contributed by atoms with Crippen molar-refractivity contribution in [2.45, 2.75) is 13.3 Å². The van der Waals surface area contributed by atoms with Crippen LogP contribution in [0.5, 0.6) is 0 Å². The van der Waals surface area contributed by atoms with Crippen LogP contribution in [0.15, 0.2) is 24.4 Å². The van der Waals surface area contributed by atoms with E-state index in [1.165, 1.54) is 0 Å². The van der Waals surface area contributed by atoms with E-state index >= 15 is 0 Å². The molecule has 1 saturated heterocycles. The van der Waals surface area contributed by atoms with Crippen LogP contribution in [0.4, 0.5) is 5.82 Å². The summed E-state index contributed by atoms with van der Waals surface area (Å²) >= 11 is 0. The van der Waals surface area contributed by atoms with E-state index in [2.05, 4.69) is 31.1 Å². The van der Waals surface area contributed by atoms with Crippen molar-refractivity contribution in [1.82, 2.24) is 20.2 Å². The van der Waals surface area contributed by atoms with E-state index in [1.807, 2.05) is 13.0 Å². The summed E-state index contributed by atoms with van der Waals surface area (Å²) in [5, 5.41) is 7.83. The predicted octanol–water partition coefficient (Wildman–Crippen LogP) is 1.86. The second-order valence-corrected chi connectivity index (χ2v) is 6.07. The van der Waals surface area contributed by atoms with E-state index in [1.54, 1.807) is 12.3 Å². The summed E-state index contributed by atoms with van der Waals surface area (Å²) < 4.78 is 5.38. The maximum Gasteiger partial charge on any atom is 0.187 e. The van der Waals surface area contributed by atoms with Crippen molar-refractivity contribution in [3.63, 3.8) is 0 Å². The monoisotopic (exact) mass is 325 g/mol. The normalized spacial score (nSPS) is 15.1. The molecule has 7 heteroatoms. The number of morpholine rings is 1. The lowest BCUT2D eigenvalue weighted by Gasteiger charge is -2.27. The molecule has 24 heavy (non-hydrogen) atoms. The summed E-state index contributed by atoms with van der Waals surface area (Å²) in [7, 11) is 0. The molecule has 3 aromatic rings. The van der Waals surface area contributed by atoms with Crippen LogP contribution >= 0.6 is 0 Å². The Hall–Kier alpha value is -2.67. The molecule has 0 radical (unpaired) electrons. The topological polar surface area (TPSA) is 86.9 Å². The molecule has 0 aliphatic carbocycles. The standard InChI is InChI=1S/C17H19N5O2/c1-11-6-14(21-20-11)15(23)8-12-7-13-9-16(19-17(13)18-10-12)22-2-4-24-5-3-22/h6-7,9-10H,2-5,8H2,1H3,(H,18,19)(H,20,21). The molecule has 0 unspecified atom stereocenters. The van der Waals surface area contributed by atoms with Crippen molar-refractivity contribution in [3.8, 4) is 0 Å². The molecule has 0 bridgehead atoms. The largest absolute Gasteiger partial charge is 0.378 e. The van der Waals surface area contributed by atoms with Crippen molar-refractivity contribution in [2.75, 3.05) is 31.2 Å². The van der Waals surface area contributed by atoms with Crippen molar-refractivity contribution < 1.29 is 9.53 Å². The van der Waals surface area contributed by atoms with Crippen LogP contribution in [0, 0.1) is 6.92 Å². The number of hydrogen-bond donors (Lipinski definition) is 2. The zero-order valence-corrected chi connectivity index (χ0v) is 13.5. The number of aromatic nitrogens is 4. The van der Waals surface area contributed by atoms with Crippen LogP contribution in [0.2, 0.25) is 0 Å². The summed E-state index contributed by atoms with van der Waals surface area (Å²) in [4.78, 5) is 22.3. The Morgan fingerprint density at radius 1 is 1.29 bits per heavy atom. The van der Waals surface area contributed by atoms with Crippen molar-refractivity contribution >= 4 is 22.6 Å². The van der Waals surface area contributed by atoms with Gasteiger partial charge in [0, 0.05) is 36.8 Å². The zero-order chi connectivity index (χ0) is 16.5. The van der Waals surface area contributed by atoms with Gasteiger partial charge < -0.3 is 14.6 Å². The number of carbonyl (C=O) groups excluding carboxylic acids is 1. The Morgan fingerprint density at radius 3 is 2.88 bits per heavy atom. The third-order valence-electron chi connectivity index (χ3n) is 4.22. The number of rotatable bonds is 4. The number of ketones is 1. The first-order valence-corrected chi connectivity index (χ1v) is 8.04. The summed E-state index contributed by atoms with van der Waals surface area (Å²) in [5.41, 5.74) is 3.08. The lowest BCUT2D eigenvalue weighted by atomic mass is 10.1. The highest BCUT2D eigenvalue weighted by Crippen LogP contribution is 2.22. The highest BCUT2D eigenvalue weighted by atomic mass is 16.5. The second-order valence-electron chi connectivity index (χ2n) is 6.07. The number of Topliss-reactive ketones (excluding diaryl/α,β-unsaturated/α-hetero) is 1. The lowest BCUT2D eigenvalue weighted by Crippen LogP contribution is -2.36. The Balaban J connectivity index is 1.55. The Kier molecular flexibility index (Phi) is 3.78. The molecule has 0 saturated carbocycles. The fourth-order valence-corrected chi connectivity index (χ4v) is 2.95. The minimum Gasteiger partial charge on any atom is -0.378 e. The molecule has 0 spiro atoms. The van der Waals surface area contributed by atoms with Gasteiger partial charge in [0.05, 0.1) is 13.2 Å². The second kappa shape index (κ2) is 6.09. The quantitative estimate of drug-likeness (QED) is 0.715. The van der Waals surface area contributed by atoms with E-state index < -0.39 is 0 Å². The Morgan fingerprint density at radius 2 is 2.12 bits per heavy atom. The fourth-order valence-electron chi connectivity index (χ4n) is 2.95. The van der Waals surface area contributed by atoms with Gasteiger partial charge in [-0.25, -0.2) is 4.98 Å². The molecule has 1 aliphatic heterocycles. The van der Waals surface area contributed by atoms with Crippen molar-refractivity contribution in [2.24, 2.45) is 0 Å². The molecule has 2 N–H and O–H groups in total. The maximum atomic E-state index is 12.3. The first-order chi connectivity index (χ1) is 11.7. The first kappa shape index (κ1) is 14.9. The number of pyridine rings is 1. The maximum absolute atomic E-state index is 12.3. The van der Waals surface area contributed by atoms with E-state index in [-0.39, 0.29) is 5.78 Å². The van der Waals surface area contributed by atoms with Crippen LogP contribution in [-0.4, -0.2) is 52.3 Å². The summed E-state index contributed by atoms with van der Waals surface area (Å²) in [5.74, 6) is 1.04. The minimum atomic E-state index is -0.00978. The molecule has 124 valence electrons. The number of nitrogens with one attached hydrogen (secondary N) is 2. The number of ether oxygens (including phenoxy) is 1. The van der Waals surface area contributed by atoms with Gasteiger partial charge in [-0.05, 0) is 30.7 Å². The van der Waals surface area contributed by atoms with E-state index in [0.717, 1.165) is 54.4 Å². The SMILES string of the molecule is Cc1cc(C(=O)Cc2cnc3[nH]c(N4CCOCC4)cc3c2)n[nH]1. The molecule has 0 amide bonds. The molecule has 4 rings (SSSR count). The van der Waals surface area contributed by atoms with Gasteiger partial charge in [0.25, 0.3) is 0 Å². The van der Waals surface area contributed by atoms with Gasteiger partial charge in [-0.2, -0.15) is 5.10 Å². The van der Waals surface area contributed by atoms with Gasteiger partial charge in [0.15, 0.2) is 5.78 Å². The number of anilines is 1. The Bertz CT molecular complexity index is 876. The van der Waals surface area contributed by atoms with E-state index in [4.69, 9.17) is 4.74 Å². The number of fused-ring (bicyclic) bond motifs is 1. The highest BCUT2D eigenvalue weighted by molar-refractivity contribution is 5.96. The van der Waals surface area contributed by atoms with Crippen molar-refractivity contribution in [3.05, 3.63) is 41.3 Å². The van der Waals surface area contributed by atoms with Gasteiger partial charge in [0.1, 0.15) is 17.2 Å². The number of carbonyl (C=O) groups is 1. The summed E-state index contributed by atoms with van der Waals surface area (Å²) in [6.45, 7) is 5.11. The summed E-state index contributed by atoms with van der Waals surface area (Å²) in [6, 6.07) is 5.86. The van der Waals surface area contributed by atoms with Gasteiger partial charge in [-0.1, -0.05) is 0 Å². The fraction of sp³-hybridized carbons (Fsp3) is 0.353. The Labute approximate surface area is 139 Å². The smallest absolute Gasteiger partial charge is 0.187 e. The van der Waals surface area contributed by atoms with Crippen LogP contribution < -0.4 is 4.90 Å². The van der Waals surface area contributed by atoms with Gasteiger partial charge >= 0.3 is 0 Å². The van der Waals surface area contributed by atoms with Crippen LogP contribution in [0.25, 0.3) is 11.0 Å². The van der Waals surface area contributed by atoms with Gasteiger partial charge in [-0.3, -0.25) is 9.89 Å². The lowest BCUT2D eigenvalue weighted by molar-refractivity contribution is 0.0988. The molecule has 3 aromatic heterocycles. The average Bonchev–Trinajstić information content (AvgIpc) is 3.21. The van der Waals surface area contributed by atoms with Gasteiger partial charge in [-0.15, -0.1) is 0 Å². The summed E-state index contributed by atoms with van der Waals surface area (Å²) in [6.07, 6.45) is 2.05. The molecular formula is C17H19N5O2. The first-order valence-electron chi connectivity index (χ1n) is 8.04.